The number of benzene rings is 2. The molecular weight excluding hydrogens is 308 g/mol. The summed E-state index contributed by atoms with van der Waals surface area (Å²) in [5.74, 6) is 0. The molecule has 0 aliphatic rings. The molecule has 0 radical (unpaired) electrons. The number of hydrogen-bond acceptors (Lipinski definition) is 2. The largest absolute Gasteiger partial charge is 0.391 e. The van der Waals surface area contributed by atoms with E-state index in [2.05, 4.69) is 60.9 Å². The Morgan fingerprint density at radius 2 is 1.74 bits per heavy atom. The molecule has 3 N–H and O–H groups in total. The van der Waals surface area contributed by atoms with E-state index in [1.807, 2.05) is 0 Å². The predicted octanol–water partition coefficient (Wildman–Crippen LogP) is 4.40. The van der Waals surface area contributed by atoms with Crippen molar-refractivity contribution in [2.45, 2.75) is 45.4 Å². The number of aliphatic hydroxyl groups excluding tert-OH is 1. The lowest BCUT2D eigenvalue weighted by atomic mass is 9.97. The van der Waals surface area contributed by atoms with Crippen LogP contribution in [0.15, 0.2) is 42.5 Å². The summed E-state index contributed by atoms with van der Waals surface area (Å²) in [6.07, 6.45) is 1.18. The first-order chi connectivity index (χ1) is 10.7. The van der Waals surface area contributed by atoms with Crippen LogP contribution in [0.25, 0.3) is 21.8 Å². The van der Waals surface area contributed by atoms with E-state index >= 15 is 0 Å². The Hall–Kier alpha value is -1.55. The van der Waals surface area contributed by atoms with Crippen molar-refractivity contribution < 1.29 is 5.11 Å². The molecule has 124 valence electrons. The molecule has 0 saturated carbocycles. The Kier molecular flexibility index (Phi) is 5.69. The highest BCUT2D eigenvalue weighted by Crippen LogP contribution is 2.31. The summed E-state index contributed by atoms with van der Waals surface area (Å²) < 4.78 is 2.32. The van der Waals surface area contributed by atoms with E-state index in [9.17, 15) is 5.11 Å². The van der Waals surface area contributed by atoms with E-state index in [-0.39, 0.29) is 18.4 Å². The van der Waals surface area contributed by atoms with E-state index in [1.165, 1.54) is 21.8 Å². The van der Waals surface area contributed by atoms with Gasteiger partial charge >= 0.3 is 0 Å². The van der Waals surface area contributed by atoms with Crippen molar-refractivity contribution in [3.8, 4) is 0 Å². The predicted molar refractivity (Wildman–Crippen MR) is 100 cm³/mol. The van der Waals surface area contributed by atoms with Crippen LogP contribution in [-0.4, -0.2) is 15.8 Å². The van der Waals surface area contributed by atoms with Gasteiger partial charge in [0.25, 0.3) is 0 Å². The molecule has 23 heavy (non-hydrogen) atoms. The molecule has 0 bridgehead atoms. The lowest BCUT2D eigenvalue weighted by molar-refractivity contribution is 0.134. The fourth-order valence-corrected chi connectivity index (χ4v) is 3.32. The highest BCUT2D eigenvalue weighted by molar-refractivity contribution is 6.08. The van der Waals surface area contributed by atoms with Gasteiger partial charge in [-0.2, -0.15) is 0 Å². The molecule has 1 heterocycles. The molecule has 3 nitrogen and oxygen atoms in total. The molecule has 0 fully saturated rings. The maximum atomic E-state index is 10.2. The second-order valence-electron chi connectivity index (χ2n) is 5.92. The van der Waals surface area contributed by atoms with Gasteiger partial charge in [-0.05, 0) is 37.1 Å². The van der Waals surface area contributed by atoms with Crippen LogP contribution in [0.5, 0.6) is 0 Å². The van der Waals surface area contributed by atoms with Crippen molar-refractivity contribution in [2.75, 3.05) is 0 Å². The summed E-state index contributed by atoms with van der Waals surface area (Å²) in [5, 5.41) is 12.6. The molecule has 0 aliphatic heterocycles. The van der Waals surface area contributed by atoms with Gasteiger partial charge < -0.3 is 15.4 Å². The summed E-state index contributed by atoms with van der Waals surface area (Å²) in [5.41, 5.74) is 9.73. The van der Waals surface area contributed by atoms with Crippen LogP contribution in [0.3, 0.4) is 0 Å². The van der Waals surface area contributed by atoms with Gasteiger partial charge in [0, 0.05) is 28.4 Å². The summed E-state index contributed by atoms with van der Waals surface area (Å²) >= 11 is 0. The highest BCUT2D eigenvalue weighted by atomic mass is 35.5. The quantitative estimate of drug-likeness (QED) is 0.727. The van der Waals surface area contributed by atoms with Crippen molar-refractivity contribution in [1.82, 2.24) is 4.57 Å². The van der Waals surface area contributed by atoms with Crippen LogP contribution >= 0.6 is 12.4 Å². The van der Waals surface area contributed by atoms with E-state index in [0.717, 1.165) is 24.9 Å². The van der Waals surface area contributed by atoms with Gasteiger partial charge in [-0.25, -0.2) is 0 Å². The molecule has 0 saturated heterocycles. The van der Waals surface area contributed by atoms with Gasteiger partial charge in [-0.15, -0.1) is 12.4 Å². The van der Waals surface area contributed by atoms with Gasteiger partial charge in [0.05, 0.1) is 12.1 Å². The zero-order chi connectivity index (χ0) is 15.7. The van der Waals surface area contributed by atoms with E-state index in [4.69, 9.17) is 5.73 Å². The van der Waals surface area contributed by atoms with Crippen LogP contribution in [0.2, 0.25) is 0 Å². The molecule has 3 aromatic rings. The number of nitrogens with two attached hydrogens (primary N) is 1. The third-order valence-corrected chi connectivity index (χ3v) is 4.50. The third-order valence-electron chi connectivity index (χ3n) is 4.50. The average molecular weight is 333 g/mol. The lowest BCUT2D eigenvalue weighted by Crippen LogP contribution is -2.25. The van der Waals surface area contributed by atoms with Crippen LogP contribution in [0, 0.1) is 0 Å². The molecular formula is C19H25ClN2O. The van der Waals surface area contributed by atoms with Crippen LogP contribution in [0.1, 0.15) is 38.3 Å². The van der Waals surface area contributed by atoms with Crippen molar-refractivity contribution >= 4 is 34.2 Å². The maximum absolute atomic E-state index is 10.2. The third kappa shape index (κ3) is 3.09. The zero-order valence-corrected chi connectivity index (χ0v) is 14.5. The Balaban J connectivity index is 0.00000192. The molecule has 2 aromatic carbocycles. The first-order valence-electron chi connectivity index (χ1n) is 8.11. The first-order valence-corrected chi connectivity index (χ1v) is 8.11. The second-order valence-corrected chi connectivity index (χ2v) is 5.92. The maximum Gasteiger partial charge on any atom is 0.0732 e. The minimum absolute atomic E-state index is 0. The molecule has 0 amide bonds. The van der Waals surface area contributed by atoms with Crippen LogP contribution < -0.4 is 5.73 Å². The Morgan fingerprint density at radius 3 is 2.43 bits per heavy atom. The fraction of sp³-hybridized carbons (Fsp3) is 0.368. The second kappa shape index (κ2) is 7.35. The number of aromatic nitrogens is 1. The molecule has 3 rings (SSSR count). The number of para-hydroxylation sites is 1. The molecule has 0 aliphatic carbocycles. The number of halogens is 1. The van der Waals surface area contributed by atoms with Gasteiger partial charge in [-0.1, -0.05) is 37.6 Å². The average Bonchev–Trinajstić information content (AvgIpc) is 2.87. The number of hydrogen-bond donors (Lipinski definition) is 2. The zero-order valence-electron chi connectivity index (χ0n) is 13.7. The SMILES string of the molecule is CCC[C@H](O)[C@H](N)c1ccc2c(c1)c1ccccc1n2CC.Cl. The smallest absolute Gasteiger partial charge is 0.0732 e. The molecule has 1 aromatic heterocycles. The number of aliphatic hydroxyl groups is 1. The van der Waals surface area contributed by atoms with Gasteiger partial charge in [0.15, 0.2) is 0 Å². The van der Waals surface area contributed by atoms with Crippen molar-refractivity contribution in [2.24, 2.45) is 5.73 Å². The summed E-state index contributed by atoms with van der Waals surface area (Å²) in [6, 6.07) is 14.5. The minimum atomic E-state index is -0.484. The van der Waals surface area contributed by atoms with E-state index in [1.54, 1.807) is 0 Å². The van der Waals surface area contributed by atoms with Crippen molar-refractivity contribution in [3.05, 3.63) is 48.0 Å². The summed E-state index contributed by atoms with van der Waals surface area (Å²) in [7, 11) is 0. The Morgan fingerprint density at radius 1 is 1.04 bits per heavy atom. The topological polar surface area (TPSA) is 51.2 Å². The van der Waals surface area contributed by atoms with Gasteiger partial charge in [0.1, 0.15) is 0 Å². The monoisotopic (exact) mass is 332 g/mol. The summed E-state index contributed by atoms with van der Waals surface area (Å²) in [4.78, 5) is 0. The van der Waals surface area contributed by atoms with Crippen molar-refractivity contribution in [1.29, 1.82) is 0 Å². The Bertz CT molecular complexity index is 797. The normalized spacial score (nSPS) is 13.9. The van der Waals surface area contributed by atoms with E-state index in [0.29, 0.717) is 0 Å². The number of fused-ring (bicyclic) bond motifs is 3. The fourth-order valence-electron chi connectivity index (χ4n) is 3.32. The molecule has 0 unspecified atom stereocenters. The van der Waals surface area contributed by atoms with Crippen LogP contribution in [0.4, 0.5) is 0 Å². The molecule has 0 spiro atoms. The molecule has 2 atom stereocenters. The lowest BCUT2D eigenvalue weighted by Gasteiger charge is -2.18. The summed E-state index contributed by atoms with van der Waals surface area (Å²) in [6.45, 7) is 5.17. The Labute approximate surface area is 143 Å². The van der Waals surface area contributed by atoms with Gasteiger partial charge in [-0.3, -0.25) is 0 Å². The first kappa shape index (κ1) is 17.8. The number of rotatable bonds is 5. The number of nitrogens with zero attached hydrogens (tertiary/aromatic N) is 1. The van der Waals surface area contributed by atoms with Gasteiger partial charge in [0.2, 0.25) is 0 Å². The minimum Gasteiger partial charge on any atom is -0.391 e. The number of aryl methyl sites for hydroxylation is 1. The van der Waals surface area contributed by atoms with E-state index < -0.39 is 6.10 Å². The molecule has 4 heteroatoms. The standard InChI is InChI=1S/C19H24N2O.ClH/c1-3-7-18(22)19(20)13-10-11-17-15(12-13)14-8-5-6-9-16(14)21(17)4-2;/h5-6,8-12,18-19,22H,3-4,7,20H2,1-2H3;1H/t18-,19+;/m0./s1. The highest BCUT2D eigenvalue weighted by Gasteiger charge is 2.18. The van der Waals surface area contributed by atoms with Crippen LogP contribution in [-0.2, 0) is 6.54 Å². The van der Waals surface area contributed by atoms with Crippen molar-refractivity contribution in [3.63, 3.8) is 0 Å².